The van der Waals surface area contributed by atoms with Crippen LogP contribution in [0.1, 0.15) is 39.2 Å². The number of nitro benzene ring substituents is 1. The summed E-state index contributed by atoms with van der Waals surface area (Å²) in [6.07, 6.45) is 2.19. The molecule has 0 radical (unpaired) electrons. The average molecular weight is 285 g/mol. The van der Waals surface area contributed by atoms with E-state index in [1.165, 1.54) is 6.07 Å². The highest BCUT2D eigenvalue weighted by Gasteiger charge is 2.17. The van der Waals surface area contributed by atoms with Crippen LogP contribution in [0.5, 0.6) is 0 Å². The monoisotopic (exact) mass is 284 g/mol. The molecule has 0 spiro atoms. The van der Waals surface area contributed by atoms with Crippen LogP contribution in [0.3, 0.4) is 0 Å². The Hall–Kier alpha value is -1.13. The quantitative estimate of drug-likeness (QED) is 0.604. The molecule has 106 valence electrons. The second-order valence-corrected chi connectivity index (χ2v) is 5.43. The maximum absolute atomic E-state index is 11.0. The maximum atomic E-state index is 11.0. The van der Waals surface area contributed by atoms with Gasteiger partial charge in [0, 0.05) is 18.7 Å². The third kappa shape index (κ3) is 4.80. The zero-order valence-corrected chi connectivity index (χ0v) is 12.4. The summed E-state index contributed by atoms with van der Waals surface area (Å²) in [4.78, 5) is 10.6. The molecule has 19 heavy (non-hydrogen) atoms. The lowest BCUT2D eigenvalue weighted by atomic mass is 10.0. The molecule has 0 heterocycles. The molecule has 0 aliphatic heterocycles. The van der Waals surface area contributed by atoms with Crippen LogP contribution in [0.15, 0.2) is 18.2 Å². The lowest BCUT2D eigenvalue weighted by Gasteiger charge is -2.17. The fraction of sp³-hybridized carbons (Fsp3) is 0.571. The molecule has 1 aromatic rings. The van der Waals surface area contributed by atoms with Gasteiger partial charge in [0.2, 0.25) is 0 Å². The lowest BCUT2D eigenvalue weighted by molar-refractivity contribution is -0.385. The third-order valence-corrected chi connectivity index (χ3v) is 3.73. The highest BCUT2D eigenvalue weighted by Crippen LogP contribution is 2.26. The first-order valence-corrected chi connectivity index (χ1v) is 6.98. The van der Waals surface area contributed by atoms with Crippen LogP contribution in [0.4, 0.5) is 5.69 Å². The van der Waals surface area contributed by atoms with Crippen LogP contribution in [-0.2, 0) is 6.54 Å². The molecule has 2 unspecified atom stereocenters. The smallest absolute Gasteiger partial charge is 0.275 e. The van der Waals surface area contributed by atoms with Gasteiger partial charge in [0.15, 0.2) is 0 Å². The molecule has 0 aromatic heterocycles. The largest absolute Gasteiger partial charge is 0.310 e. The molecule has 5 heteroatoms. The van der Waals surface area contributed by atoms with E-state index in [2.05, 4.69) is 26.1 Å². The van der Waals surface area contributed by atoms with Gasteiger partial charge in [-0.15, -0.1) is 0 Å². The molecule has 0 bridgehead atoms. The van der Waals surface area contributed by atoms with Crippen LogP contribution < -0.4 is 5.32 Å². The summed E-state index contributed by atoms with van der Waals surface area (Å²) < 4.78 is 0. The number of nitrogens with one attached hydrogen (secondary N) is 1. The van der Waals surface area contributed by atoms with Crippen molar-refractivity contribution >= 4 is 17.3 Å². The van der Waals surface area contributed by atoms with E-state index < -0.39 is 0 Å². The normalized spacial score (nSPS) is 14.1. The molecule has 0 amide bonds. The Balaban J connectivity index is 2.69. The van der Waals surface area contributed by atoms with E-state index in [0.29, 0.717) is 29.1 Å². The highest BCUT2D eigenvalue weighted by atomic mass is 35.5. The minimum atomic E-state index is -0.387. The molecule has 1 N–H and O–H groups in total. The first-order chi connectivity index (χ1) is 8.95. The highest BCUT2D eigenvalue weighted by molar-refractivity contribution is 6.31. The van der Waals surface area contributed by atoms with Crippen LogP contribution in [0, 0.1) is 16.0 Å². The van der Waals surface area contributed by atoms with Gasteiger partial charge in [-0.25, -0.2) is 0 Å². The summed E-state index contributed by atoms with van der Waals surface area (Å²) in [6, 6.07) is 5.09. The fourth-order valence-electron chi connectivity index (χ4n) is 2.02. The number of nitrogens with zero attached hydrogens (tertiary/aromatic N) is 1. The molecule has 1 rings (SSSR count). The maximum Gasteiger partial charge on any atom is 0.275 e. The average Bonchev–Trinajstić information content (AvgIpc) is 2.36. The zero-order valence-electron chi connectivity index (χ0n) is 11.6. The van der Waals surface area contributed by atoms with Crippen molar-refractivity contribution < 1.29 is 4.92 Å². The Morgan fingerprint density at radius 3 is 2.68 bits per heavy atom. The molecular weight excluding hydrogens is 264 g/mol. The zero-order chi connectivity index (χ0) is 14.4. The van der Waals surface area contributed by atoms with E-state index in [1.54, 1.807) is 12.1 Å². The Bertz CT molecular complexity index is 437. The van der Waals surface area contributed by atoms with E-state index in [4.69, 9.17) is 11.6 Å². The van der Waals surface area contributed by atoms with Crippen LogP contribution >= 0.6 is 11.6 Å². The van der Waals surface area contributed by atoms with Crippen LogP contribution in [0.25, 0.3) is 0 Å². The Morgan fingerprint density at radius 2 is 2.11 bits per heavy atom. The third-order valence-electron chi connectivity index (χ3n) is 3.37. The second kappa shape index (κ2) is 7.46. The van der Waals surface area contributed by atoms with Crippen LogP contribution in [0.2, 0.25) is 5.02 Å². The van der Waals surface area contributed by atoms with Crippen LogP contribution in [-0.4, -0.2) is 11.0 Å². The van der Waals surface area contributed by atoms with Gasteiger partial charge in [-0.2, -0.15) is 0 Å². The van der Waals surface area contributed by atoms with E-state index in [9.17, 15) is 10.1 Å². The van der Waals surface area contributed by atoms with Gasteiger partial charge in [-0.1, -0.05) is 37.9 Å². The van der Waals surface area contributed by atoms with E-state index in [0.717, 1.165) is 12.8 Å². The van der Waals surface area contributed by atoms with Crippen molar-refractivity contribution in [2.75, 3.05) is 0 Å². The SMILES string of the molecule is CCC(C)CC(C)NCc1c(Cl)cccc1[N+](=O)[O-]. The van der Waals surface area contributed by atoms with Crippen molar-refractivity contribution in [1.29, 1.82) is 0 Å². The minimum Gasteiger partial charge on any atom is -0.310 e. The van der Waals surface area contributed by atoms with Crippen molar-refractivity contribution in [2.24, 2.45) is 5.92 Å². The molecule has 0 saturated heterocycles. The fourth-order valence-corrected chi connectivity index (χ4v) is 2.26. The minimum absolute atomic E-state index is 0.0794. The lowest BCUT2D eigenvalue weighted by Crippen LogP contribution is -2.27. The molecule has 0 saturated carbocycles. The van der Waals surface area contributed by atoms with Crippen molar-refractivity contribution in [2.45, 2.75) is 46.2 Å². The van der Waals surface area contributed by atoms with E-state index in [-0.39, 0.29) is 10.6 Å². The number of rotatable bonds is 7. The number of benzene rings is 1. The van der Waals surface area contributed by atoms with Gasteiger partial charge in [0.1, 0.15) is 0 Å². The van der Waals surface area contributed by atoms with Crippen molar-refractivity contribution in [3.8, 4) is 0 Å². The Kier molecular flexibility index (Phi) is 6.25. The van der Waals surface area contributed by atoms with Crippen molar-refractivity contribution in [3.63, 3.8) is 0 Å². The molecule has 1 aromatic carbocycles. The van der Waals surface area contributed by atoms with Gasteiger partial charge < -0.3 is 5.32 Å². The predicted octanol–water partition coefficient (Wildman–Crippen LogP) is 4.16. The topological polar surface area (TPSA) is 55.2 Å². The number of nitro groups is 1. The van der Waals surface area contributed by atoms with E-state index in [1.807, 2.05) is 0 Å². The molecule has 0 fully saturated rings. The Labute approximate surface area is 119 Å². The van der Waals surface area contributed by atoms with Gasteiger partial charge in [-0.05, 0) is 25.3 Å². The summed E-state index contributed by atoms with van der Waals surface area (Å²) in [6.45, 7) is 6.88. The van der Waals surface area contributed by atoms with Crippen molar-refractivity contribution in [1.82, 2.24) is 5.32 Å². The molecule has 0 aliphatic rings. The molecule has 2 atom stereocenters. The summed E-state index contributed by atoms with van der Waals surface area (Å²) in [5.41, 5.74) is 0.640. The second-order valence-electron chi connectivity index (χ2n) is 5.03. The number of hydrogen-bond acceptors (Lipinski definition) is 3. The first kappa shape index (κ1) is 15.9. The number of hydrogen-bond donors (Lipinski definition) is 1. The molecule has 4 nitrogen and oxygen atoms in total. The van der Waals surface area contributed by atoms with Crippen molar-refractivity contribution in [3.05, 3.63) is 38.9 Å². The van der Waals surface area contributed by atoms with Gasteiger partial charge in [0.05, 0.1) is 15.5 Å². The number of halogens is 1. The first-order valence-electron chi connectivity index (χ1n) is 6.60. The summed E-state index contributed by atoms with van der Waals surface area (Å²) in [5.74, 6) is 0.642. The van der Waals surface area contributed by atoms with Gasteiger partial charge >= 0.3 is 0 Å². The summed E-state index contributed by atoms with van der Waals surface area (Å²) in [5, 5.41) is 14.7. The standard InChI is InChI=1S/C14H21ClN2O2/c1-4-10(2)8-11(3)16-9-12-13(15)6-5-7-14(12)17(18)19/h5-7,10-11,16H,4,8-9H2,1-3H3. The Morgan fingerprint density at radius 1 is 1.42 bits per heavy atom. The predicted molar refractivity (Wildman–Crippen MR) is 78.5 cm³/mol. The molecule has 0 aliphatic carbocycles. The summed E-state index contributed by atoms with van der Waals surface area (Å²) in [7, 11) is 0. The van der Waals surface area contributed by atoms with Gasteiger partial charge in [0.25, 0.3) is 5.69 Å². The molecular formula is C14H21ClN2O2. The van der Waals surface area contributed by atoms with E-state index >= 15 is 0 Å². The van der Waals surface area contributed by atoms with Gasteiger partial charge in [-0.3, -0.25) is 10.1 Å². The summed E-state index contributed by atoms with van der Waals surface area (Å²) >= 11 is 6.05.